The summed E-state index contributed by atoms with van der Waals surface area (Å²) >= 11 is 0. The van der Waals surface area contributed by atoms with Crippen LogP contribution in [0.25, 0.3) is 138 Å². The van der Waals surface area contributed by atoms with Crippen LogP contribution < -0.4 is 4.90 Å². The van der Waals surface area contributed by atoms with Crippen molar-refractivity contribution in [1.82, 2.24) is 4.57 Å². The summed E-state index contributed by atoms with van der Waals surface area (Å²) in [6.45, 7) is 11.7. The van der Waals surface area contributed by atoms with E-state index in [1.165, 1.54) is 161 Å². The lowest BCUT2D eigenvalue weighted by molar-refractivity contribution is 0.657. The van der Waals surface area contributed by atoms with E-state index in [2.05, 4.69) is 341 Å². The van der Waals surface area contributed by atoms with Crippen molar-refractivity contribution in [1.29, 1.82) is 0 Å². The molecule has 0 atom stereocenters. The molecule has 0 fully saturated rings. The molecular weight excluding hydrogens is 1240 g/mol. The Kier molecular flexibility index (Phi) is 10.9. The van der Waals surface area contributed by atoms with E-state index in [0.717, 1.165) is 66.7 Å². The number of nitrogens with zero attached hydrogens (tertiary/aromatic N) is 2. The lowest BCUT2D eigenvalue weighted by Crippen LogP contribution is -2.27. The molecule has 4 heteroatoms. The molecular formula is C98H64N2O2. The summed E-state index contributed by atoms with van der Waals surface area (Å²) in [6.07, 6.45) is 0. The number of rotatable bonds is 5. The predicted molar refractivity (Wildman–Crippen MR) is 420 cm³/mol. The lowest BCUT2D eigenvalue weighted by atomic mass is 9.68. The van der Waals surface area contributed by atoms with Crippen LogP contribution in [-0.4, -0.2) is 4.57 Å². The van der Waals surface area contributed by atoms with Gasteiger partial charge < -0.3 is 18.3 Å². The number of benzene rings is 15. The van der Waals surface area contributed by atoms with Crippen LogP contribution in [0.15, 0.2) is 306 Å². The summed E-state index contributed by atoms with van der Waals surface area (Å²) in [5.74, 6) is 0. The van der Waals surface area contributed by atoms with Crippen molar-refractivity contribution in [3.63, 3.8) is 0 Å². The molecule has 102 heavy (non-hydrogen) atoms. The molecule has 5 aliphatic rings. The number of anilines is 3. The zero-order valence-corrected chi connectivity index (χ0v) is 57.0. The highest BCUT2D eigenvalue weighted by molar-refractivity contribution is 6.21. The summed E-state index contributed by atoms with van der Waals surface area (Å²) in [7, 11) is 0. The highest BCUT2D eigenvalue weighted by atomic mass is 16.3. The van der Waals surface area contributed by atoms with Gasteiger partial charge in [0.05, 0.1) is 27.6 Å². The minimum Gasteiger partial charge on any atom is -0.456 e. The fourth-order valence-corrected chi connectivity index (χ4v) is 20.6. The van der Waals surface area contributed by atoms with Crippen molar-refractivity contribution < 1.29 is 8.83 Å². The maximum absolute atomic E-state index is 7.18. The molecule has 4 nitrogen and oxygen atoms in total. The third-order valence-corrected chi connectivity index (χ3v) is 24.4. The summed E-state index contributed by atoms with van der Waals surface area (Å²) in [4.78, 5) is 2.60. The van der Waals surface area contributed by atoms with Gasteiger partial charge in [-0.3, -0.25) is 0 Å². The molecule has 478 valence electrons. The number of fused-ring (bicyclic) bond motifs is 34. The minimum atomic E-state index is -0.693. The molecule has 0 saturated heterocycles. The van der Waals surface area contributed by atoms with Crippen molar-refractivity contribution in [3.8, 4) is 72.4 Å². The normalized spacial score (nSPS) is 14.6. The second-order valence-electron chi connectivity index (χ2n) is 29.8. The zero-order valence-electron chi connectivity index (χ0n) is 57.0. The first-order chi connectivity index (χ1) is 50.1. The topological polar surface area (TPSA) is 34.5 Å². The lowest BCUT2D eigenvalue weighted by Gasteiger charge is -2.34. The number of hydrogen-bond donors (Lipinski definition) is 0. The predicted octanol–water partition coefficient (Wildman–Crippen LogP) is 25.6. The monoisotopic (exact) mass is 1300 g/mol. The van der Waals surface area contributed by atoms with Gasteiger partial charge in [0, 0.05) is 60.4 Å². The van der Waals surface area contributed by atoms with Gasteiger partial charge in [0.2, 0.25) is 0 Å². The zero-order chi connectivity index (χ0) is 67.4. The van der Waals surface area contributed by atoms with Crippen LogP contribution in [-0.2, 0) is 16.2 Å². The van der Waals surface area contributed by atoms with Crippen molar-refractivity contribution in [2.75, 3.05) is 4.90 Å². The first-order valence-electron chi connectivity index (χ1n) is 35.9. The quantitative estimate of drug-likeness (QED) is 0.172. The number of furan rings is 2. The molecule has 0 aliphatic heterocycles. The van der Waals surface area contributed by atoms with Crippen LogP contribution in [0.4, 0.5) is 17.1 Å². The average Bonchev–Trinajstić information content (AvgIpc) is 1.48. The molecule has 2 spiro atoms. The second-order valence-corrected chi connectivity index (χ2v) is 29.8. The Hall–Kier alpha value is -12.5. The van der Waals surface area contributed by atoms with Gasteiger partial charge in [-0.25, -0.2) is 0 Å². The SMILES string of the molecule is Cc1cc(C)c(N(c2ccc3c(c2)C(C)(C)c2cc(-c4ccc5c(c4)c4ccccc4n5-c4ccccc4)c4oc5ccccc5c4c2-3)c2ccc3c(c2)C2(c4ccccc4-c4ccccc42)c2cc4c(cc2-3)C2(c3ccccc3-c3ccccc32)c2ccc3oc5ccccc5c3c2-4)c(C)c1. The number of aromatic nitrogens is 1. The maximum Gasteiger partial charge on any atom is 0.143 e. The molecule has 3 heterocycles. The van der Waals surface area contributed by atoms with E-state index in [-0.39, 0.29) is 0 Å². The Balaban J connectivity index is 0.757. The molecule has 0 bridgehead atoms. The van der Waals surface area contributed by atoms with E-state index in [0.29, 0.717) is 0 Å². The molecule has 0 amide bonds. The van der Waals surface area contributed by atoms with Crippen molar-refractivity contribution >= 4 is 82.7 Å². The molecule has 0 N–H and O–H groups in total. The van der Waals surface area contributed by atoms with Crippen molar-refractivity contribution in [3.05, 3.63) is 370 Å². The van der Waals surface area contributed by atoms with Gasteiger partial charge in [0.25, 0.3) is 0 Å². The molecule has 15 aromatic carbocycles. The van der Waals surface area contributed by atoms with E-state index >= 15 is 0 Å². The van der Waals surface area contributed by atoms with Gasteiger partial charge in [0.1, 0.15) is 22.3 Å². The second kappa shape index (κ2) is 19.7. The van der Waals surface area contributed by atoms with Crippen LogP contribution in [0.1, 0.15) is 86.2 Å². The van der Waals surface area contributed by atoms with Crippen molar-refractivity contribution in [2.45, 2.75) is 50.9 Å². The van der Waals surface area contributed by atoms with Gasteiger partial charge in [-0.05, 0) is 240 Å². The first-order valence-corrected chi connectivity index (χ1v) is 35.9. The fourth-order valence-electron chi connectivity index (χ4n) is 20.6. The van der Waals surface area contributed by atoms with E-state index in [4.69, 9.17) is 8.83 Å². The number of para-hydroxylation sites is 4. The van der Waals surface area contributed by atoms with Crippen LogP contribution in [0.2, 0.25) is 0 Å². The van der Waals surface area contributed by atoms with Crippen LogP contribution in [0, 0.1) is 20.8 Å². The smallest absolute Gasteiger partial charge is 0.143 e. The standard InChI is InChI=1S/C98H64N2O2/c1-55-47-56(2)94(57(3)48-55)99(60-41-43-68-80(50-60)96(4,5)84-52-71(95-93(90(68)84)70-31-15-22-38-88(70)102-95)58-39-45-86-73(49-58)67-29-13-20-36-85(67)100(86)59-23-7-6-8-24-59)61-40-42-66-72-53-83-74(54-82(72)98(81(66)51-61)77-34-18-11-27-64(77)65-28-12-19-35-78(65)98)91-79(44-46-89-92(91)69-30-14-21-37-87(69)101-89)97(83)75-32-16-9-25-62(75)63-26-10-17-33-76(63)97/h6-54H,1-5H3. The fraction of sp³-hybridized carbons (Fsp3) is 0.0816. The molecule has 18 aromatic rings. The van der Waals surface area contributed by atoms with Gasteiger partial charge in [-0.15, -0.1) is 0 Å². The Bertz CT molecular complexity index is 6730. The largest absolute Gasteiger partial charge is 0.456 e. The molecule has 0 radical (unpaired) electrons. The van der Waals surface area contributed by atoms with Crippen LogP contribution in [0.3, 0.4) is 0 Å². The first kappa shape index (κ1) is 56.4. The number of aryl methyl sites for hydroxylation is 3. The molecule has 0 saturated carbocycles. The van der Waals surface area contributed by atoms with Gasteiger partial charge in [-0.2, -0.15) is 0 Å². The van der Waals surface area contributed by atoms with E-state index in [9.17, 15) is 0 Å². The third-order valence-electron chi connectivity index (χ3n) is 24.4. The van der Waals surface area contributed by atoms with Gasteiger partial charge in [0.15, 0.2) is 0 Å². The summed E-state index contributed by atoms with van der Waals surface area (Å²) in [6, 6.07) is 113. The number of hydrogen-bond acceptors (Lipinski definition) is 3. The Labute approximate surface area is 590 Å². The maximum atomic E-state index is 7.18. The van der Waals surface area contributed by atoms with E-state index in [1.807, 2.05) is 0 Å². The highest BCUT2D eigenvalue weighted by Gasteiger charge is 2.57. The highest BCUT2D eigenvalue weighted by Crippen LogP contribution is 2.70. The summed E-state index contributed by atoms with van der Waals surface area (Å²) in [5, 5.41) is 7.03. The molecule has 23 rings (SSSR count). The van der Waals surface area contributed by atoms with Gasteiger partial charge >= 0.3 is 0 Å². The molecule has 0 unspecified atom stereocenters. The van der Waals surface area contributed by atoms with Gasteiger partial charge in [-0.1, -0.05) is 226 Å². The van der Waals surface area contributed by atoms with Crippen LogP contribution in [0.5, 0.6) is 0 Å². The molecule has 5 aliphatic carbocycles. The van der Waals surface area contributed by atoms with E-state index < -0.39 is 16.2 Å². The minimum absolute atomic E-state index is 0.426. The van der Waals surface area contributed by atoms with E-state index in [1.54, 1.807) is 0 Å². The Morgan fingerprint density at radius 3 is 1.46 bits per heavy atom. The Morgan fingerprint density at radius 2 is 0.794 bits per heavy atom. The Morgan fingerprint density at radius 1 is 0.304 bits per heavy atom. The average molecular weight is 1300 g/mol. The summed E-state index contributed by atoms with van der Waals surface area (Å²) < 4.78 is 16.4. The molecule has 3 aromatic heterocycles. The van der Waals surface area contributed by atoms with Crippen molar-refractivity contribution in [2.24, 2.45) is 0 Å². The third kappa shape index (κ3) is 6.88. The summed E-state index contributed by atoms with van der Waals surface area (Å²) in [5.41, 5.74) is 40.4. The van der Waals surface area contributed by atoms with Crippen LogP contribution >= 0.6 is 0 Å².